The highest BCUT2D eigenvalue weighted by molar-refractivity contribution is 6.35. The highest BCUT2D eigenvalue weighted by Gasteiger charge is 2.34. The van der Waals surface area contributed by atoms with Gasteiger partial charge in [0.2, 0.25) is 5.91 Å². The number of benzene rings is 2. The van der Waals surface area contributed by atoms with Crippen LogP contribution in [0, 0.1) is 0 Å². The summed E-state index contributed by atoms with van der Waals surface area (Å²) >= 11 is 12.0. The Morgan fingerprint density at radius 3 is 2.63 bits per heavy atom. The van der Waals surface area contributed by atoms with Gasteiger partial charge in [-0.1, -0.05) is 35.3 Å². The zero-order valence-electron chi connectivity index (χ0n) is 16.7. The summed E-state index contributed by atoms with van der Waals surface area (Å²) in [6.45, 7) is 1.83. The number of likely N-dealkylation sites (tertiary alicyclic amines) is 1. The predicted molar refractivity (Wildman–Crippen MR) is 116 cm³/mol. The number of methoxy groups -OCH3 is 1. The number of hydrogen-bond donors (Lipinski definition) is 1. The first kappa shape index (κ1) is 22.4. The Labute approximate surface area is 186 Å². The molecule has 1 saturated heterocycles. The van der Waals surface area contributed by atoms with Crippen molar-refractivity contribution in [2.45, 2.75) is 25.4 Å². The van der Waals surface area contributed by atoms with E-state index in [4.69, 9.17) is 32.7 Å². The van der Waals surface area contributed by atoms with Gasteiger partial charge in [-0.15, -0.1) is 0 Å². The van der Waals surface area contributed by atoms with E-state index in [9.17, 15) is 9.59 Å². The molecule has 0 aliphatic carbocycles. The highest BCUT2D eigenvalue weighted by atomic mass is 35.5. The first-order valence-electron chi connectivity index (χ1n) is 9.73. The number of rotatable bonds is 8. The number of halogens is 2. The topological polar surface area (TPSA) is 67.9 Å². The number of ether oxygens (including phenoxy) is 2. The van der Waals surface area contributed by atoms with E-state index >= 15 is 0 Å². The van der Waals surface area contributed by atoms with Crippen LogP contribution in [0.5, 0.6) is 5.75 Å². The van der Waals surface area contributed by atoms with Gasteiger partial charge in [-0.25, -0.2) is 0 Å². The summed E-state index contributed by atoms with van der Waals surface area (Å²) in [6, 6.07) is 11.7. The zero-order valence-corrected chi connectivity index (χ0v) is 18.2. The molecule has 0 spiro atoms. The lowest BCUT2D eigenvalue weighted by molar-refractivity contribution is -0.125. The van der Waals surface area contributed by atoms with Gasteiger partial charge in [-0.3, -0.25) is 9.59 Å². The summed E-state index contributed by atoms with van der Waals surface area (Å²) in [5.41, 5.74) is 1.30. The van der Waals surface area contributed by atoms with Crippen molar-refractivity contribution in [2.24, 2.45) is 0 Å². The van der Waals surface area contributed by atoms with Crippen LogP contribution < -0.4 is 10.1 Å². The van der Waals surface area contributed by atoms with E-state index in [0.717, 1.165) is 12.0 Å². The van der Waals surface area contributed by atoms with Crippen molar-refractivity contribution >= 4 is 35.0 Å². The summed E-state index contributed by atoms with van der Waals surface area (Å²) in [7, 11) is 1.62. The zero-order chi connectivity index (χ0) is 21.5. The lowest BCUT2D eigenvalue weighted by atomic mass is 10.1. The van der Waals surface area contributed by atoms with Crippen LogP contribution in [-0.4, -0.2) is 49.6 Å². The average molecular weight is 451 g/mol. The third kappa shape index (κ3) is 5.88. The lowest BCUT2D eigenvalue weighted by Crippen LogP contribution is -2.45. The van der Waals surface area contributed by atoms with E-state index < -0.39 is 6.04 Å². The normalized spacial score (nSPS) is 15.8. The van der Waals surface area contributed by atoms with Gasteiger partial charge in [-0.05, 0) is 48.7 Å². The molecular weight excluding hydrogens is 427 g/mol. The molecule has 1 fully saturated rings. The molecule has 1 atom stereocenters. The third-order valence-corrected chi connectivity index (χ3v) is 5.28. The van der Waals surface area contributed by atoms with Crippen molar-refractivity contribution in [1.82, 2.24) is 10.2 Å². The number of amides is 2. The molecular formula is C22H24Cl2N2O4. The third-order valence-electron chi connectivity index (χ3n) is 4.85. The van der Waals surface area contributed by atoms with Gasteiger partial charge in [0.05, 0.1) is 6.61 Å². The monoisotopic (exact) mass is 450 g/mol. The molecule has 0 radical (unpaired) electrons. The molecule has 8 heteroatoms. The maximum atomic E-state index is 12.9. The van der Waals surface area contributed by atoms with Crippen molar-refractivity contribution < 1.29 is 19.1 Å². The molecule has 1 unspecified atom stereocenters. The molecule has 0 saturated carbocycles. The van der Waals surface area contributed by atoms with Crippen LogP contribution in [0.3, 0.4) is 0 Å². The number of carbonyl (C=O) groups is 2. The molecule has 0 bridgehead atoms. The lowest BCUT2D eigenvalue weighted by Gasteiger charge is -2.24. The molecule has 1 aliphatic heterocycles. The Morgan fingerprint density at radius 2 is 1.90 bits per heavy atom. The van der Waals surface area contributed by atoms with Crippen LogP contribution in [0.1, 0.15) is 28.8 Å². The maximum Gasteiger partial charge on any atom is 0.254 e. The molecule has 30 heavy (non-hydrogen) atoms. The Morgan fingerprint density at radius 1 is 1.13 bits per heavy atom. The van der Waals surface area contributed by atoms with E-state index in [0.29, 0.717) is 54.1 Å². The Kier molecular flexibility index (Phi) is 7.96. The van der Waals surface area contributed by atoms with Gasteiger partial charge in [0, 0.05) is 35.8 Å². The van der Waals surface area contributed by atoms with E-state index in [1.54, 1.807) is 30.2 Å². The van der Waals surface area contributed by atoms with Crippen molar-refractivity contribution in [2.75, 3.05) is 26.9 Å². The fourth-order valence-corrected chi connectivity index (χ4v) is 3.95. The molecule has 1 N–H and O–H groups in total. The van der Waals surface area contributed by atoms with Crippen molar-refractivity contribution in [3.8, 4) is 5.75 Å². The van der Waals surface area contributed by atoms with Crippen LogP contribution in [0.4, 0.5) is 0 Å². The van der Waals surface area contributed by atoms with Gasteiger partial charge in [0.1, 0.15) is 18.4 Å². The van der Waals surface area contributed by atoms with Crippen LogP contribution in [0.25, 0.3) is 0 Å². The molecule has 1 heterocycles. The molecule has 160 valence electrons. The summed E-state index contributed by atoms with van der Waals surface area (Å²) in [5, 5.41) is 3.70. The first-order chi connectivity index (χ1) is 14.5. The van der Waals surface area contributed by atoms with E-state index in [2.05, 4.69) is 5.32 Å². The minimum Gasteiger partial charge on any atom is -0.491 e. The second-order valence-corrected chi connectivity index (χ2v) is 7.89. The minimum atomic E-state index is -0.517. The number of hydrogen-bond acceptors (Lipinski definition) is 4. The molecule has 6 nitrogen and oxygen atoms in total. The molecule has 0 aromatic heterocycles. The first-order valence-corrected chi connectivity index (χ1v) is 10.5. The van der Waals surface area contributed by atoms with E-state index in [1.807, 2.05) is 24.3 Å². The number of carbonyl (C=O) groups excluding carboxylic acids is 2. The van der Waals surface area contributed by atoms with Crippen molar-refractivity contribution in [3.63, 3.8) is 0 Å². The van der Waals surface area contributed by atoms with Crippen LogP contribution >= 0.6 is 23.2 Å². The van der Waals surface area contributed by atoms with Gasteiger partial charge < -0.3 is 19.7 Å². The molecule has 3 rings (SSSR count). The minimum absolute atomic E-state index is 0.181. The average Bonchev–Trinajstić information content (AvgIpc) is 3.21. The summed E-state index contributed by atoms with van der Waals surface area (Å²) < 4.78 is 10.6. The van der Waals surface area contributed by atoms with E-state index in [-0.39, 0.29) is 11.8 Å². The van der Waals surface area contributed by atoms with Crippen LogP contribution in [0.2, 0.25) is 10.0 Å². The predicted octanol–water partition coefficient (Wildman–Crippen LogP) is 3.94. The molecule has 2 aromatic rings. The maximum absolute atomic E-state index is 12.9. The highest BCUT2D eigenvalue weighted by Crippen LogP contribution is 2.24. The second kappa shape index (κ2) is 10.7. The fraction of sp³-hybridized carbons (Fsp3) is 0.364. The van der Waals surface area contributed by atoms with Crippen LogP contribution in [-0.2, 0) is 16.1 Å². The molecule has 2 aromatic carbocycles. The summed E-state index contributed by atoms with van der Waals surface area (Å²) in [4.78, 5) is 27.3. The van der Waals surface area contributed by atoms with Crippen molar-refractivity contribution in [1.29, 1.82) is 0 Å². The van der Waals surface area contributed by atoms with Gasteiger partial charge in [0.25, 0.3) is 5.91 Å². The van der Waals surface area contributed by atoms with Gasteiger partial charge >= 0.3 is 0 Å². The fourth-order valence-electron chi connectivity index (χ4n) is 3.42. The van der Waals surface area contributed by atoms with Gasteiger partial charge in [0.15, 0.2) is 0 Å². The summed E-state index contributed by atoms with van der Waals surface area (Å²) in [5.74, 6) is 0.291. The number of nitrogens with zero attached hydrogens (tertiary/aromatic N) is 1. The van der Waals surface area contributed by atoms with Gasteiger partial charge in [-0.2, -0.15) is 0 Å². The summed E-state index contributed by atoms with van der Waals surface area (Å²) in [6.07, 6.45) is 1.38. The van der Waals surface area contributed by atoms with Crippen LogP contribution in [0.15, 0.2) is 42.5 Å². The van der Waals surface area contributed by atoms with Crippen molar-refractivity contribution in [3.05, 3.63) is 63.6 Å². The second-order valence-electron chi connectivity index (χ2n) is 7.02. The van der Waals surface area contributed by atoms with E-state index in [1.165, 1.54) is 0 Å². The Bertz CT molecular complexity index is 886. The largest absolute Gasteiger partial charge is 0.491 e. The number of nitrogens with one attached hydrogen (secondary N) is 1. The smallest absolute Gasteiger partial charge is 0.254 e. The SMILES string of the molecule is COCCOc1cccc(CNC(=O)C2CCCN2C(=O)c2cc(Cl)cc(Cl)c2)c1. The standard InChI is InChI=1S/C22H24Cl2N2O4/c1-29-8-9-30-19-5-2-4-15(10-19)14-25-21(27)20-6-3-7-26(20)22(28)16-11-17(23)13-18(24)12-16/h2,4-5,10-13,20H,3,6-9,14H2,1H3,(H,25,27). The Hall–Kier alpha value is -2.28. The quantitative estimate of drug-likeness (QED) is 0.618. The molecule has 2 amide bonds. The molecule has 1 aliphatic rings. The Balaban J connectivity index is 1.61.